The second kappa shape index (κ2) is 11.2. The zero-order valence-electron chi connectivity index (χ0n) is 22.8. The van der Waals surface area contributed by atoms with Crippen LogP contribution in [0.25, 0.3) is 33.2 Å². The molecule has 0 radical (unpaired) electrons. The van der Waals surface area contributed by atoms with Gasteiger partial charge in [0, 0.05) is 41.8 Å². The lowest BCUT2D eigenvalue weighted by Gasteiger charge is -2.18. The number of hydrogen-bond donors (Lipinski definition) is 1. The van der Waals surface area contributed by atoms with Gasteiger partial charge in [-0.15, -0.1) is 0 Å². The van der Waals surface area contributed by atoms with Gasteiger partial charge < -0.3 is 19.6 Å². The topological polar surface area (TPSA) is 116 Å². The van der Waals surface area contributed by atoms with Crippen molar-refractivity contribution < 1.29 is 9.53 Å². The number of hydrogen-bond acceptors (Lipinski definition) is 6. The Kier molecular flexibility index (Phi) is 7.50. The third-order valence-electron chi connectivity index (χ3n) is 7.04. The molecule has 5 aromatic rings. The van der Waals surface area contributed by atoms with E-state index in [1.54, 1.807) is 34.9 Å². The zero-order chi connectivity index (χ0) is 28.4. The summed E-state index contributed by atoms with van der Waals surface area (Å²) in [6.07, 6.45) is 2.70. The quantitative estimate of drug-likeness (QED) is 0.278. The van der Waals surface area contributed by atoms with Crippen LogP contribution in [0, 0.1) is 17.2 Å². The molecule has 1 unspecified atom stereocenters. The van der Waals surface area contributed by atoms with Crippen molar-refractivity contribution in [3.63, 3.8) is 0 Å². The molecule has 202 valence electrons. The molecule has 0 saturated carbocycles. The van der Waals surface area contributed by atoms with E-state index in [1.165, 1.54) is 7.11 Å². The van der Waals surface area contributed by atoms with Gasteiger partial charge >= 0.3 is 5.97 Å². The number of carbonyl (C=O) groups is 1. The lowest BCUT2D eigenvalue weighted by atomic mass is 10.0. The summed E-state index contributed by atoms with van der Waals surface area (Å²) in [6.45, 7) is 5.04. The fourth-order valence-corrected chi connectivity index (χ4v) is 5.20. The van der Waals surface area contributed by atoms with Crippen molar-refractivity contribution in [2.45, 2.75) is 39.4 Å². The van der Waals surface area contributed by atoms with Crippen LogP contribution in [0.15, 0.2) is 77.7 Å². The molecule has 8 heteroatoms. The highest BCUT2D eigenvalue weighted by atomic mass is 16.5. The van der Waals surface area contributed by atoms with Crippen LogP contribution < -0.4 is 11.3 Å². The standard InChI is InChI=1S/C32H31N5O3/c1-20(2)14-24(34)18-37-29-15-23(32(39)40-3)12-13-27(29)35-30(31(37)38)26-19-36(28-7-5-4-6-25(26)28)17-22-10-8-21(16-33)9-11-22/h4-13,15,19-20,24H,14,17-18,34H2,1-3H3. The highest BCUT2D eigenvalue weighted by molar-refractivity contribution is 5.97. The van der Waals surface area contributed by atoms with Gasteiger partial charge in [0.1, 0.15) is 5.69 Å². The number of benzene rings is 3. The van der Waals surface area contributed by atoms with Crippen LogP contribution in [0.4, 0.5) is 0 Å². The summed E-state index contributed by atoms with van der Waals surface area (Å²) in [4.78, 5) is 31.2. The monoisotopic (exact) mass is 533 g/mol. The molecule has 0 bridgehead atoms. The molecule has 3 aromatic carbocycles. The number of para-hydroxylation sites is 1. The number of nitrogens with zero attached hydrogens (tertiary/aromatic N) is 4. The smallest absolute Gasteiger partial charge is 0.337 e. The van der Waals surface area contributed by atoms with Crippen LogP contribution in [0.2, 0.25) is 0 Å². The Balaban J connectivity index is 1.69. The first-order chi connectivity index (χ1) is 19.3. The first-order valence-corrected chi connectivity index (χ1v) is 13.2. The Morgan fingerprint density at radius 2 is 1.82 bits per heavy atom. The molecule has 0 aliphatic heterocycles. The summed E-state index contributed by atoms with van der Waals surface area (Å²) in [5, 5.41) is 10.0. The molecular weight excluding hydrogens is 502 g/mol. The summed E-state index contributed by atoms with van der Waals surface area (Å²) in [6, 6.07) is 22.3. The Morgan fingerprint density at radius 1 is 1.07 bits per heavy atom. The van der Waals surface area contributed by atoms with Gasteiger partial charge in [-0.3, -0.25) is 4.79 Å². The Morgan fingerprint density at radius 3 is 2.52 bits per heavy atom. The van der Waals surface area contributed by atoms with Crippen LogP contribution in [-0.2, 0) is 17.8 Å². The van der Waals surface area contributed by atoms with Crippen molar-refractivity contribution >= 4 is 27.9 Å². The van der Waals surface area contributed by atoms with E-state index in [0.29, 0.717) is 40.3 Å². The predicted octanol–water partition coefficient (Wildman–Crippen LogP) is 5.10. The SMILES string of the molecule is COC(=O)c1ccc2nc(-c3cn(Cc4ccc(C#N)cc4)c4ccccc34)c(=O)n(CC(N)CC(C)C)c2c1. The minimum atomic E-state index is -0.484. The molecule has 0 aliphatic rings. The van der Waals surface area contributed by atoms with E-state index in [2.05, 4.69) is 24.5 Å². The van der Waals surface area contributed by atoms with Crippen molar-refractivity contribution in [1.29, 1.82) is 5.26 Å². The lowest BCUT2D eigenvalue weighted by molar-refractivity contribution is 0.0601. The van der Waals surface area contributed by atoms with Crippen LogP contribution in [0.5, 0.6) is 0 Å². The van der Waals surface area contributed by atoms with Gasteiger partial charge in [0.25, 0.3) is 5.56 Å². The first kappa shape index (κ1) is 26.9. The number of fused-ring (bicyclic) bond motifs is 2. The third kappa shape index (κ3) is 5.24. The van der Waals surface area contributed by atoms with Crippen LogP contribution in [0.3, 0.4) is 0 Å². The van der Waals surface area contributed by atoms with Crippen molar-refractivity contribution in [2.75, 3.05) is 7.11 Å². The Bertz CT molecular complexity index is 1810. The number of ether oxygens (including phenoxy) is 1. The van der Waals surface area contributed by atoms with Gasteiger partial charge in [0.2, 0.25) is 0 Å². The summed E-state index contributed by atoms with van der Waals surface area (Å²) < 4.78 is 8.64. The average Bonchev–Trinajstić information content (AvgIpc) is 3.31. The van der Waals surface area contributed by atoms with Crippen LogP contribution >= 0.6 is 0 Å². The summed E-state index contributed by atoms with van der Waals surface area (Å²) in [7, 11) is 1.33. The molecule has 0 fully saturated rings. The minimum Gasteiger partial charge on any atom is -0.465 e. The van der Waals surface area contributed by atoms with E-state index in [-0.39, 0.29) is 18.1 Å². The highest BCUT2D eigenvalue weighted by Crippen LogP contribution is 2.30. The average molecular weight is 534 g/mol. The molecule has 40 heavy (non-hydrogen) atoms. The van der Waals surface area contributed by atoms with Gasteiger partial charge in [0.05, 0.1) is 35.3 Å². The molecule has 2 aromatic heterocycles. The molecule has 5 rings (SSSR count). The normalized spacial score (nSPS) is 12.1. The number of esters is 1. The molecule has 0 spiro atoms. The van der Waals surface area contributed by atoms with E-state index in [9.17, 15) is 9.59 Å². The molecule has 2 heterocycles. The van der Waals surface area contributed by atoms with E-state index in [0.717, 1.165) is 28.5 Å². The summed E-state index contributed by atoms with van der Waals surface area (Å²) in [5.74, 6) is -0.119. The maximum Gasteiger partial charge on any atom is 0.337 e. The molecule has 8 nitrogen and oxygen atoms in total. The molecule has 0 amide bonds. The number of aromatic nitrogens is 3. The third-order valence-corrected chi connectivity index (χ3v) is 7.04. The van der Waals surface area contributed by atoms with Crippen LogP contribution in [-0.4, -0.2) is 33.2 Å². The maximum atomic E-state index is 14.1. The summed E-state index contributed by atoms with van der Waals surface area (Å²) >= 11 is 0. The first-order valence-electron chi connectivity index (χ1n) is 13.2. The fraction of sp³-hybridized carbons (Fsp3) is 0.250. The molecule has 2 N–H and O–H groups in total. The highest BCUT2D eigenvalue weighted by Gasteiger charge is 2.20. The number of rotatable bonds is 8. The number of nitriles is 1. The van der Waals surface area contributed by atoms with Gasteiger partial charge in [-0.25, -0.2) is 9.78 Å². The number of methoxy groups -OCH3 is 1. The van der Waals surface area contributed by atoms with Gasteiger partial charge in [-0.05, 0) is 54.3 Å². The van der Waals surface area contributed by atoms with Gasteiger partial charge in [0.15, 0.2) is 0 Å². The minimum absolute atomic E-state index is 0.254. The van der Waals surface area contributed by atoms with Gasteiger partial charge in [-0.1, -0.05) is 44.2 Å². The van der Waals surface area contributed by atoms with E-state index >= 15 is 0 Å². The van der Waals surface area contributed by atoms with E-state index in [1.807, 2.05) is 42.6 Å². The second-order valence-electron chi connectivity index (χ2n) is 10.5. The Labute approximate surface area is 232 Å². The van der Waals surface area contributed by atoms with Crippen molar-refractivity contribution in [1.82, 2.24) is 14.1 Å². The van der Waals surface area contributed by atoms with Crippen molar-refractivity contribution in [3.8, 4) is 17.3 Å². The maximum absolute atomic E-state index is 14.1. The molecular formula is C32H31N5O3. The number of carbonyl (C=O) groups excluding carboxylic acids is 1. The van der Waals surface area contributed by atoms with Crippen LogP contribution in [0.1, 0.15) is 41.8 Å². The van der Waals surface area contributed by atoms with Gasteiger partial charge in [-0.2, -0.15) is 5.26 Å². The molecule has 0 saturated heterocycles. The second-order valence-corrected chi connectivity index (χ2v) is 10.5. The molecule has 1 atom stereocenters. The summed E-state index contributed by atoms with van der Waals surface area (Å²) in [5.41, 5.74) is 11.3. The largest absolute Gasteiger partial charge is 0.465 e. The number of nitrogens with two attached hydrogens (primary N) is 1. The molecule has 0 aliphatic carbocycles. The van der Waals surface area contributed by atoms with E-state index in [4.69, 9.17) is 20.7 Å². The van der Waals surface area contributed by atoms with Crippen molar-refractivity contribution in [2.24, 2.45) is 11.7 Å². The predicted molar refractivity (Wildman–Crippen MR) is 156 cm³/mol. The fourth-order valence-electron chi connectivity index (χ4n) is 5.20. The lowest BCUT2D eigenvalue weighted by Crippen LogP contribution is -2.34. The van der Waals surface area contributed by atoms with Crippen molar-refractivity contribution in [3.05, 3.63) is 100.0 Å². The zero-order valence-corrected chi connectivity index (χ0v) is 22.8. The Hall–Kier alpha value is -4.74. The van der Waals surface area contributed by atoms with E-state index < -0.39 is 5.97 Å².